The number of aromatic nitrogens is 1. The Hall–Kier alpha value is -2.98. The van der Waals surface area contributed by atoms with Gasteiger partial charge in [-0.1, -0.05) is 48.5 Å². The average Bonchev–Trinajstić information content (AvgIpc) is 3.20. The van der Waals surface area contributed by atoms with Crippen molar-refractivity contribution in [2.75, 3.05) is 13.7 Å². The summed E-state index contributed by atoms with van der Waals surface area (Å²) in [6.07, 6.45) is 8.64. The minimum absolute atomic E-state index is 0.123. The summed E-state index contributed by atoms with van der Waals surface area (Å²) >= 11 is 1.43. The van der Waals surface area contributed by atoms with E-state index in [1.54, 1.807) is 0 Å². The number of esters is 1. The molecule has 1 aliphatic carbocycles. The van der Waals surface area contributed by atoms with E-state index in [4.69, 9.17) is 15.2 Å². The molecule has 2 amide bonds. The quantitative estimate of drug-likeness (QED) is 0.478. The number of hydrogen-bond donors (Lipinski definition) is 2. The molecule has 2 fully saturated rings. The number of para-hydroxylation sites is 1. The van der Waals surface area contributed by atoms with Crippen LogP contribution in [0.4, 0.5) is 0 Å². The summed E-state index contributed by atoms with van der Waals surface area (Å²) in [4.78, 5) is 45.6. The molecule has 3 aliphatic rings. The zero-order valence-electron chi connectivity index (χ0n) is 20.4. The molecule has 0 spiro atoms. The molecule has 2 aromatic rings. The molecule has 0 bridgehead atoms. The monoisotopic (exact) mass is 512 g/mol. The van der Waals surface area contributed by atoms with Gasteiger partial charge in [0, 0.05) is 12.3 Å². The number of fused-ring (bicyclic) bond motifs is 3. The molecular formula is C26H32N4O5S. The molecule has 192 valence electrons. The van der Waals surface area contributed by atoms with Gasteiger partial charge in [0.15, 0.2) is 0 Å². The SMILES string of the molecule is COC(=O)[C@@]12C[C@@H]1/C=C\CCCCC[C@H](N)C(=O)N1C[C@H](Oc3nc4ccccc4s3)C[C@H]1C(=O)N2. The smallest absolute Gasteiger partial charge is 0.332 e. The van der Waals surface area contributed by atoms with Gasteiger partial charge in [-0.05, 0) is 37.8 Å². The van der Waals surface area contributed by atoms with Gasteiger partial charge < -0.3 is 25.4 Å². The van der Waals surface area contributed by atoms with Crippen molar-refractivity contribution in [1.29, 1.82) is 0 Å². The van der Waals surface area contributed by atoms with E-state index in [1.165, 1.54) is 23.3 Å². The molecule has 36 heavy (non-hydrogen) atoms. The summed E-state index contributed by atoms with van der Waals surface area (Å²) < 4.78 is 12.2. The number of carbonyl (C=O) groups excluding carboxylic acids is 3. The van der Waals surface area contributed by atoms with E-state index in [-0.39, 0.29) is 30.7 Å². The number of methoxy groups -OCH3 is 1. The fourth-order valence-electron chi connectivity index (χ4n) is 5.25. The fourth-order valence-corrected chi connectivity index (χ4v) is 6.14. The van der Waals surface area contributed by atoms with Gasteiger partial charge in [-0.2, -0.15) is 0 Å². The second kappa shape index (κ2) is 10.2. The molecule has 1 saturated carbocycles. The van der Waals surface area contributed by atoms with Gasteiger partial charge in [0.05, 0.1) is 29.9 Å². The maximum Gasteiger partial charge on any atom is 0.332 e. The predicted molar refractivity (Wildman–Crippen MR) is 135 cm³/mol. The second-order valence-electron chi connectivity index (χ2n) is 9.86. The summed E-state index contributed by atoms with van der Waals surface area (Å²) in [6.45, 7) is 0.231. The lowest BCUT2D eigenvalue weighted by Gasteiger charge is -2.28. The van der Waals surface area contributed by atoms with Crippen molar-refractivity contribution in [2.45, 2.75) is 68.7 Å². The van der Waals surface area contributed by atoms with E-state index < -0.39 is 29.7 Å². The third-order valence-corrected chi connectivity index (χ3v) is 8.30. The highest BCUT2D eigenvalue weighted by molar-refractivity contribution is 7.20. The molecule has 10 heteroatoms. The van der Waals surface area contributed by atoms with Crippen molar-refractivity contribution >= 4 is 39.3 Å². The van der Waals surface area contributed by atoms with Crippen LogP contribution in [0.1, 0.15) is 44.9 Å². The number of carbonyl (C=O) groups is 3. The third kappa shape index (κ3) is 4.84. The Kier molecular flexibility index (Phi) is 6.98. The number of hydrogen-bond acceptors (Lipinski definition) is 8. The van der Waals surface area contributed by atoms with Crippen LogP contribution < -0.4 is 15.8 Å². The Balaban J connectivity index is 1.39. The lowest BCUT2D eigenvalue weighted by molar-refractivity contribution is -0.148. The molecule has 1 saturated heterocycles. The highest BCUT2D eigenvalue weighted by Crippen LogP contribution is 2.46. The number of amides is 2. The maximum atomic E-state index is 13.5. The molecule has 5 rings (SSSR count). The van der Waals surface area contributed by atoms with Crippen LogP contribution in [0, 0.1) is 5.92 Å². The van der Waals surface area contributed by atoms with Gasteiger partial charge in [-0.3, -0.25) is 9.59 Å². The van der Waals surface area contributed by atoms with Crippen LogP contribution in [-0.2, 0) is 19.1 Å². The number of nitrogens with zero attached hydrogens (tertiary/aromatic N) is 2. The molecular weight excluding hydrogens is 480 g/mol. The van der Waals surface area contributed by atoms with Crippen molar-refractivity contribution in [3.8, 4) is 5.19 Å². The average molecular weight is 513 g/mol. The summed E-state index contributed by atoms with van der Waals surface area (Å²) in [5.74, 6) is -1.24. The molecule has 9 nitrogen and oxygen atoms in total. The first-order valence-corrected chi connectivity index (χ1v) is 13.4. The van der Waals surface area contributed by atoms with Gasteiger partial charge in [-0.25, -0.2) is 9.78 Å². The highest BCUT2D eigenvalue weighted by Gasteiger charge is 2.62. The number of allylic oxidation sites excluding steroid dienone is 1. The molecule has 2 aliphatic heterocycles. The van der Waals surface area contributed by atoms with Gasteiger partial charge in [0.25, 0.3) is 5.19 Å². The minimum Gasteiger partial charge on any atom is -0.467 e. The van der Waals surface area contributed by atoms with E-state index in [0.29, 0.717) is 18.0 Å². The van der Waals surface area contributed by atoms with E-state index in [0.717, 1.165) is 35.9 Å². The van der Waals surface area contributed by atoms with Crippen LogP contribution >= 0.6 is 11.3 Å². The number of nitrogens with two attached hydrogens (primary N) is 1. The normalized spacial score (nSPS) is 32.0. The van der Waals surface area contributed by atoms with E-state index in [9.17, 15) is 14.4 Å². The van der Waals surface area contributed by atoms with Crippen LogP contribution in [0.3, 0.4) is 0 Å². The van der Waals surface area contributed by atoms with Crippen molar-refractivity contribution < 1.29 is 23.9 Å². The standard InChI is InChI=1S/C26H32N4O5S/c1-34-24(33)26-14-16(26)9-5-3-2-4-6-10-18(27)23(32)30-15-17(13-20(30)22(31)29-26)35-25-28-19-11-7-8-12-21(19)36-25/h5,7-9,11-12,16-18,20H,2-4,6,10,13-15,27H2,1H3,(H,29,31)/b9-5-/t16-,17+,18-,20-,26+/m0/s1. The van der Waals surface area contributed by atoms with Crippen molar-refractivity contribution in [2.24, 2.45) is 11.7 Å². The van der Waals surface area contributed by atoms with E-state index in [2.05, 4.69) is 16.4 Å². The summed E-state index contributed by atoms with van der Waals surface area (Å²) in [5, 5.41) is 3.43. The lowest BCUT2D eigenvalue weighted by atomic mass is 10.1. The Bertz CT molecular complexity index is 1150. The van der Waals surface area contributed by atoms with E-state index >= 15 is 0 Å². The fraction of sp³-hybridized carbons (Fsp3) is 0.538. The van der Waals surface area contributed by atoms with Gasteiger partial charge >= 0.3 is 5.97 Å². The largest absolute Gasteiger partial charge is 0.467 e. The zero-order valence-corrected chi connectivity index (χ0v) is 21.2. The van der Waals surface area contributed by atoms with Crippen molar-refractivity contribution in [1.82, 2.24) is 15.2 Å². The number of ether oxygens (including phenoxy) is 2. The molecule has 0 radical (unpaired) electrons. The minimum atomic E-state index is -1.09. The van der Waals surface area contributed by atoms with Gasteiger partial charge in [0.1, 0.15) is 17.7 Å². The van der Waals surface area contributed by atoms with E-state index in [1.807, 2.05) is 30.3 Å². The van der Waals surface area contributed by atoms with Crippen LogP contribution in [0.2, 0.25) is 0 Å². The van der Waals surface area contributed by atoms with Crippen molar-refractivity contribution in [3.63, 3.8) is 0 Å². The number of nitrogens with one attached hydrogen (secondary N) is 1. The Morgan fingerprint density at radius 1 is 1.25 bits per heavy atom. The Morgan fingerprint density at radius 3 is 2.89 bits per heavy atom. The molecule has 5 atom stereocenters. The molecule has 1 aromatic heterocycles. The lowest BCUT2D eigenvalue weighted by Crippen LogP contribution is -2.55. The first kappa shape index (κ1) is 24.7. The van der Waals surface area contributed by atoms with Crippen LogP contribution in [-0.4, -0.2) is 65.0 Å². The van der Waals surface area contributed by atoms with Gasteiger partial charge in [-0.15, -0.1) is 0 Å². The van der Waals surface area contributed by atoms with Gasteiger partial charge in [0.2, 0.25) is 11.8 Å². The second-order valence-corrected chi connectivity index (χ2v) is 10.9. The topological polar surface area (TPSA) is 124 Å². The maximum absolute atomic E-state index is 13.5. The summed E-state index contributed by atoms with van der Waals surface area (Å²) in [5.41, 5.74) is 6.03. The van der Waals surface area contributed by atoms with Crippen LogP contribution in [0.15, 0.2) is 36.4 Å². The Morgan fingerprint density at radius 2 is 2.08 bits per heavy atom. The first-order chi connectivity index (χ1) is 17.4. The molecule has 0 unspecified atom stereocenters. The zero-order chi connectivity index (χ0) is 25.3. The number of thiazole rings is 1. The van der Waals surface area contributed by atoms with Crippen molar-refractivity contribution in [3.05, 3.63) is 36.4 Å². The molecule has 3 heterocycles. The summed E-state index contributed by atoms with van der Waals surface area (Å²) in [7, 11) is 1.32. The number of rotatable bonds is 3. The number of benzene rings is 1. The molecule has 1 aromatic carbocycles. The van der Waals surface area contributed by atoms with Crippen LogP contribution in [0.5, 0.6) is 5.19 Å². The highest BCUT2D eigenvalue weighted by atomic mass is 32.1. The summed E-state index contributed by atoms with van der Waals surface area (Å²) in [6, 6.07) is 6.27. The van der Waals surface area contributed by atoms with Crippen LogP contribution in [0.25, 0.3) is 10.2 Å². The third-order valence-electron chi connectivity index (χ3n) is 7.37. The first-order valence-electron chi connectivity index (χ1n) is 12.6. The molecule has 3 N–H and O–H groups in total. The predicted octanol–water partition coefficient (Wildman–Crippen LogP) is 2.54. The Labute approximate surface area is 214 Å².